The molecule has 20 heavy (non-hydrogen) atoms. The molecule has 3 N–H and O–H groups in total. The molecule has 0 radical (unpaired) electrons. The molecule has 2 nitrogen and oxygen atoms in total. The van der Waals surface area contributed by atoms with Crippen LogP contribution in [0.25, 0.3) is 0 Å². The van der Waals surface area contributed by atoms with E-state index >= 15 is 0 Å². The molecule has 0 aliphatic rings. The zero-order valence-corrected chi connectivity index (χ0v) is 14.1. The Balaban J connectivity index is 2.26. The van der Waals surface area contributed by atoms with Crippen molar-refractivity contribution >= 4 is 37.5 Å². The predicted octanol–water partition coefficient (Wildman–Crippen LogP) is 4.77. The first-order chi connectivity index (χ1) is 9.49. The SMILES string of the molecule is Cc1cc(Br)cc(NC(CN)c2ccc(F)c(Br)c2)c1. The summed E-state index contributed by atoms with van der Waals surface area (Å²) in [5.41, 5.74) is 8.91. The monoisotopic (exact) mass is 400 g/mol. The molecular weight excluding hydrogens is 387 g/mol. The summed E-state index contributed by atoms with van der Waals surface area (Å²) in [7, 11) is 0. The minimum absolute atomic E-state index is 0.0689. The van der Waals surface area contributed by atoms with Crippen molar-refractivity contribution < 1.29 is 4.39 Å². The van der Waals surface area contributed by atoms with E-state index in [1.165, 1.54) is 6.07 Å². The summed E-state index contributed by atoms with van der Waals surface area (Å²) in [6, 6.07) is 11.0. The topological polar surface area (TPSA) is 38.0 Å². The first-order valence-electron chi connectivity index (χ1n) is 6.18. The maximum atomic E-state index is 13.3. The number of nitrogens with two attached hydrogens (primary N) is 1. The van der Waals surface area contributed by atoms with E-state index in [1.807, 2.05) is 25.1 Å². The summed E-state index contributed by atoms with van der Waals surface area (Å²) in [6.45, 7) is 2.45. The van der Waals surface area contributed by atoms with E-state index in [9.17, 15) is 4.39 Å². The van der Waals surface area contributed by atoms with Crippen LogP contribution in [-0.2, 0) is 0 Å². The first-order valence-corrected chi connectivity index (χ1v) is 7.77. The minimum atomic E-state index is -0.275. The van der Waals surface area contributed by atoms with Gasteiger partial charge in [0.05, 0.1) is 10.5 Å². The van der Waals surface area contributed by atoms with Crippen molar-refractivity contribution in [1.82, 2.24) is 0 Å². The van der Waals surface area contributed by atoms with Crippen LogP contribution in [-0.4, -0.2) is 6.54 Å². The number of hydrogen-bond donors (Lipinski definition) is 2. The fourth-order valence-electron chi connectivity index (χ4n) is 2.03. The molecule has 0 heterocycles. The lowest BCUT2D eigenvalue weighted by molar-refractivity contribution is 0.619. The number of benzene rings is 2. The van der Waals surface area contributed by atoms with Gasteiger partial charge in [-0.05, 0) is 64.3 Å². The second-order valence-corrected chi connectivity index (χ2v) is 6.39. The fourth-order valence-corrected chi connectivity index (χ4v) is 3.03. The first kappa shape index (κ1) is 15.5. The second-order valence-electron chi connectivity index (χ2n) is 4.62. The Kier molecular flexibility index (Phi) is 5.18. The van der Waals surface area contributed by atoms with E-state index in [0.29, 0.717) is 11.0 Å². The zero-order valence-electron chi connectivity index (χ0n) is 11.0. The minimum Gasteiger partial charge on any atom is -0.377 e. The largest absolute Gasteiger partial charge is 0.377 e. The average molecular weight is 402 g/mol. The molecule has 0 saturated carbocycles. The van der Waals surface area contributed by atoms with Gasteiger partial charge in [-0.25, -0.2) is 4.39 Å². The number of nitrogens with one attached hydrogen (secondary N) is 1. The van der Waals surface area contributed by atoms with Crippen LogP contribution in [0, 0.1) is 12.7 Å². The van der Waals surface area contributed by atoms with Gasteiger partial charge in [0.15, 0.2) is 0 Å². The Morgan fingerprint density at radius 3 is 2.55 bits per heavy atom. The quantitative estimate of drug-likeness (QED) is 0.774. The van der Waals surface area contributed by atoms with E-state index in [-0.39, 0.29) is 11.9 Å². The van der Waals surface area contributed by atoms with Crippen LogP contribution in [0.4, 0.5) is 10.1 Å². The summed E-state index contributed by atoms with van der Waals surface area (Å²) < 4.78 is 14.7. The lowest BCUT2D eigenvalue weighted by Gasteiger charge is -2.19. The van der Waals surface area contributed by atoms with Crippen molar-refractivity contribution in [2.45, 2.75) is 13.0 Å². The highest BCUT2D eigenvalue weighted by molar-refractivity contribution is 9.10. The van der Waals surface area contributed by atoms with Crippen LogP contribution in [0.5, 0.6) is 0 Å². The van der Waals surface area contributed by atoms with Gasteiger partial charge in [-0.2, -0.15) is 0 Å². The van der Waals surface area contributed by atoms with Gasteiger partial charge in [-0.3, -0.25) is 0 Å². The van der Waals surface area contributed by atoms with Gasteiger partial charge in [0.2, 0.25) is 0 Å². The van der Waals surface area contributed by atoms with Crippen molar-refractivity contribution in [2.75, 3.05) is 11.9 Å². The van der Waals surface area contributed by atoms with Gasteiger partial charge in [0.25, 0.3) is 0 Å². The number of aryl methyl sites for hydroxylation is 1. The lowest BCUT2D eigenvalue weighted by Crippen LogP contribution is -2.20. The Hall–Kier alpha value is -0.910. The van der Waals surface area contributed by atoms with E-state index < -0.39 is 0 Å². The average Bonchev–Trinajstić information content (AvgIpc) is 2.38. The van der Waals surface area contributed by atoms with E-state index in [0.717, 1.165) is 21.3 Å². The predicted molar refractivity (Wildman–Crippen MR) is 88.4 cm³/mol. The number of anilines is 1. The summed E-state index contributed by atoms with van der Waals surface area (Å²) in [6.07, 6.45) is 0. The smallest absolute Gasteiger partial charge is 0.137 e. The number of rotatable bonds is 4. The summed E-state index contributed by atoms with van der Waals surface area (Å²) >= 11 is 6.67. The Bertz CT molecular complexity index is 597. The molecular formula is C15H15Br2FN2. The molecule has 106 valence electrons. The highest BCUT2D eigenvalue weighted by atomic mass is 79.9. The molecule has 0 aliphatic carbocycles. The second kappa shape index (κ2) is 6.70. The van der Waals surface area contributed by atoms with E-state index in [2.05, 4.69) is 37.2 Å². The zero-order chi connectivity index (χ0) is 14.7. The normalized spacial score (nSPS) is 12.2. The van der Waals surface area contributed by atoms with Gasteiger partial charge in [0, 0.05) is 16.7 Å². The molecule has 0 bridgehead atoms. The third-order valence-corrected chi connectivity index (χ3v) is 4.03. The molecule has 0 fully saturated rings. The van der Waals surface area contributed by atoms with Gasteiger partial charge in [-0.1, -0.05) is 22.0 Å². The van der Waals surface area contributed by atoms with Crippen LogP contribution in [0.3, 0.4) is 0 Å². The van der Waals surface area contributed by atoms with Crippen molar-refractivity contribution in [3.63, 3.8) is 0 Å². The van der Waals surface area contributed by atoms with Crippen LogP contribution in [0.15, 0.2) is 45.3 Å². The number of halogens is 3. The molecule has 2 aromatic rings. The van der Waals surface area contributed by atoms with Crippen molar-refractivity contribution in [1.29, 1.82) is 0 Å². The highest BCUT2D eigenvalue weighted by Crippen LogP contribution is 2.26. The highest BCUT2D eigenvalue weighted by Gasteiger charge is 2.12. The Morgan fingerprint density at radius 1 is 1.20 bits per heavy atom. The Labute approximate surface area is 134 Å². The van der Waals surface area contributed by atoms with E-state index in [4.69, 9.17) is 5.73 Å². The maximum absolute atomic E-state index is 13.3. The molecule has 2 aromatic carbocycles. The molecule has 0 aromatic heterocycles. The molecule has 0 amide bonds. The van der Waals surface area contributed by atoms with Crippen LogP contribution in [0.1, 0.15) is 17.2 Å². The lowest BCUT2D eigenvalue weighted by atomic mass is 10.1. The summed E-state index contributed by atoms with van der Waals surface area (Å²) in [5.74, 6) is -0.275. The Morgan fingerprint density at radius 2 is 1.95 bits per heavy atom. The molecule has 0 spiro atoms. The van der Waals surface area contributed by atoms with Crippen LogP contribution >= 0.6 is 31.9 Å². The molecule has 1 unspecified atom stereocenters. The molecule has 5 heteroatoms. The number of hydrogen-bond acceptors (Lipinski definition) is 2. The maximum Gasteiger partial charge on any atom is 0.137 e. The van der Waals surface area contributed by atoms with Gasteiger partial charge >= 0.3 is 0 Å². The fraction of sp³-hybridized carbons (Fsp3) is 0.200. The van der Waals surface area contributed by atoms with Gasteiger partial charge in [-0.15, -0.1) is 0 Å². The molecule has 0 aliphatic heterocycles. The molecule has 2 rings (SSSR count). The summed E-state index contributed by atoms with van der Waals surface area (Å²) in [4.78, 5) is 0. The third kappa shape index (κ3) is 3.81. The van der Waals surface area contributed by atoms with Crippen LogP contribution in [0.2, 0.25) is 0 Å². The van der Waals surface area contributed by atoms with Crippen molar-refractivity contribution in [2.24, 2.45) is 5.73 Å². The van der Waals surface area contributed by atoms with Crippen molar-refractivity contribution in [3.05, 3.63) is 62.3 Å². The van der Waals surface area contributed by atoms with Gasteiger partial charge < -0.3 is 11.1 Å². The summed E-state index contributed by atoms with van der Waals surface area (Å²) in [5, 5.41) is 3.38. The molecule has 0 saturated heterocycles. The van der Waals surface area contributed by atoms with E-state index in [1.54, 1.807) is 12.1 Å². The standard InChI is InChI=1S/C15H15Br2FN2/c1-9-4-11(16)7-12(5-9)20-15(8-19)10-2-3-14(18)13(17)6-10/h2-7,15,20H,8,19H2,1H3. The van der Waals surface area contributed by atoms with Crippen molar-refractivity contribution in [3.8, 4) is 0 Å². The van der Waals surface area contributed by atoms with Crippen LogP contribution < -0.4 is 11.1 Å². The third-order valence-electron chi connectivity index (χ3n) is 2.96. The molecule has 1 atom stereocenters. The van der Waals surface area contributed by atoms with Gasteiger partial charge in [0.1, 0.15) is 5.82 Å².